The fourth-order valence-corrected chi connectivity index (χ4v) is 2.29. The molecular weight excluding hydrogens is 227 g/mol. The second-order valence-electron chi connectivity index (χ2n) is 5.43. The SMILES string of the molecule is C[C](C)c1cc(F)cc(CN2CCN(C)CC2)c1. The van der Waals surface area contributed by atoms with E-state index in [0.717, 1.165) is 49.8 Å². The van der Waals surface area contributed by atoms with Crippen LogP contribution in [-0.4, -0.2) is 43.0 Å². The smallest absolute Gasteiger partial charge is 0.123 e. The van der Waals surface area contributed by atoms with Crippen LogP contribution in [0.2, 0.25) is 0 Å². The lowest BCUT2D eigenvalue weighted by atomic mass is 10.0. The topological polar surface area (TPSA) is 6.48 Å². The first kappa shape index (κ1) is 13.5. The van der Waals surface area contributed by atoms with Gasteiger partial charge in [-0.2, -0.15) is 0 Å². The minimum absolute atomic E-state index is 0.127. The Balaban J connectivity index is 2.04. The molecule has 0 unspecified atom stereocenters. The summed E-state index contributed by atoms with van der Waals surface area (Å²) < 4.78 is 13.6. The zero-order chi connectivity index (χ0) is 13.1. The van der Waals surface area contributed by atoms with Gasteiger partial charge in [-0.1, -0.05) is 19.9 Å². The van der Waals surface area contributed by atoms with E-state index < -0.39 is 0 Å². The number of benzene rings is 1. The number of halogens is 1. The van der Waals surface area contributed by atoms with Crippen molar-refractivity contribution in [2.75, 3.05) is 33.2 Å². The molecule has 0 aliphatic carbocycles. The van der Waals surface area contributed by atoms with E-state index in [1.165, 1.54) is 0 Å². The highest BCUT2D eigenvalue weighted by Gasteiger charge is 2.14. The summed E-state index contributed by atoms with van der Waals surface area (Å²) in [6, 6.07) is 5.38. The Morgan fingerprint density at radius 2 is 1.78 bits per heavy atom. The molecule has 18 heavy (non-hydrogen) atoms. The molecule has 1 heterocycles. The van der Waals surface area contributed by atoms with Crippen molar-refractivity contribution in [3.05, 3.63) is 41.1 Å². The summed E-state index contributed by atoms with van der Waals surface area (Å²) in [6.07, 6.45) is 0. The van der Waals surface area contributed by atoms with Crippen LogP contribution in [0.4, 0.5) is 4.39 Å². The van der Waals surface area contributed by atoms with Crippen LogP contribution in [0.15, 0.2) is 18.2 Å². The normalized spacial score (nSPS) is 18.5. The van der Waals surface area contributed by atoms with Crippen molar-refractivity contribution in [2.45, 2.75) is 20.4 Å². The molecule has 2 rings (SSSR count). The molecule has 3 heteroatoms. The lowest BCUT2D eigenvalue weighted by molar-refractivity contribution is 0.148. The van der Waals surface area contributed by atoms with Crippen LogP contribution in [0.3, 0.4) is 0 Å². The Labute approximate surface area is 109 Å². The molecule has 0 aromatic heterocycles. The molecule has 1 aromatic carbocycles. The van der Waals surface area contributed by atoms with Crippen molar-refractivity contribution in [1.29, 1.82) is 0 Å². The fourth-order valence-electron chi connectivity index (χ4n) is 2.29. The van der Waals surface area contributed by atoms with E-state index in [1.807, 2.05) is 13.8 Å². The molecule has 1 aliphatic heterocycles. The predicted octanol–water partition coefficient (Wildman–Crippen LogP) is 2.54. The van der Waals surface area contributed by atoms with Crippen molar-refractivity contribution in [3.8, 4) is 0 Å². The van der Waals surface area contributed by atoms with E-state index in [9.17, 15) is 4.39 Å². The number of rotatable bonds is 3. The van der Waals surface area contributed by atoms with Gasteiger partial charge in [0.05, 0.1) is 0 Å². The van der Waals surface area contributed by atoms with Crippen molar-refractivity contribution < 1.29 is 4.39 Å². The van der Waals surface area contributed by atoms with Crippen molar-refractivity contribution in [2.24, 2.45) is 0 Å². The molecular formula is C15H22FN2. The second-order valence-corrected chi connectivity index (χ2v) is 5.43. The number of piperazine rings is 1. The molecule has 0 atom stereocenters. The minimum atomic E-state index is -0.127. The third-order valence-corrected chi connectivity index (χ3v) is 3.54. The highest BCUT2D eigenvalue weighted by Crippen LogP contribution is 2.18. The number of likely N-dealkylation sites (N-methyl/N-ethyl adjacent to an activating group) is 1. The summed E-state index contributed by atoms with van der Waals surface area (Å²) in [7, 11) is 2.15. The molecule has 0 saturated carbocycles. The largest absolute Gasteiger partial charge is 0.304 e. The summed E-state index contributed by atoms with van der Waals surface area (Å²) in [5.41, 5.74) is 2.09. The summed E-state index contributed by atoms with van der Waals surface area (Å²) in [6.45, 7) is 9.23. The molecule has 1 radical (unpaired) electrons. The van der Waals surface area contributed by atoms with Gasteiger partial charge in [0.25, 0.3) is 0 Å². The van der Waals surface area contributed by atoms with Gasteiger partial charge >= 0.3 is 0 Å². The van der Waals surface area contributed by atoms with E-state index in [2.05, 4.69) is 22.9 Å². The van der Waals surface area contributed by atoms with Crippen LogP contribution < -0.4 is 0 Å². The van der Waals surface area contributed by atoms with Gasteiger partial charge in [-0.3, -0.25) is 4.90 Å². The van der Waals surface area contributed by atoms with Crippen molar-refractivity contribution >= 4 is 0 Å². The Hall–Kier alpha value is -0.930. The van der Waals surface area contributed by atoms with Gasteiger partial charge in [0.2, 0.25) is 0 Å². The van der Waals surface area contributed by atoms with E-state index in [0.29, 0.717) is 0 Å². The number of hydrogen-bond donors (Lipinski definition) is 0. The fraction of sp³-hybridized carbons (Fsp3) is 0.533. The maximum Gasteiger partial charge on any atom is 0.123 e. The lowest BCUT2D eigenvalue weighted by Crippen LogP contribution is -2.43. The van der Waals surface area contributed by atoms with Crippen molar-refractivity contribution in [3.63, 3.8) is 0 Å². The number of hydrogen-bond acceptors (Lipinski definition) is 2. The van der Waals surface area contributed by atoms with Gasteiger partial charge < -0.3 is 4.90 Å². The van der Waals surface area contributed by atoms with Crippen LogP contribution in [-0.2, 0) is 6.54 Å². The Morgan fingerprint density at radius 1 is 1.11 bits per heavy atom. The van der Waals surface area contributed by atoms with Crippen LogP contribution in [0, 0.1) is 11.7 Å². The summed E-state index contributed by atoms with van der Waals surface area (Å²) in [4.78, 5) is 4.72. The molecule has 1 aromatic rings. The quantitative estimate of drug-likeness (QED) is 0.812. The number of nitrogens with zero attached hydrogens (tertiary/aromatic N) is 2. The van der Waals surface area contributed by atoms with Gasteiger partial charge in [-0.15, -0.1) is 0 Å². The molecule has 0 N–H and O–H groups in total. The Kier molecular flexibility index (Phi) is 4.36. The Morgan fingerprint density at radius 3 is 2.39 bits per heavy atom. The maximum absolute atomic E-state index is 13.6. The third-order valence-electron chi connectivity index (χ3n) is 3.54. The second kappa shape index (κ2) is 5.81. The summed E-state index contributed by atoms with van der Waals surface area (Å²) >= 11 is 0. The Bertz CT molecular complexity index is 395. The molecule has 2 nitrogen and oxygen atoms in total. The maximum atomic E-state index is 13.6. The summed E-state index contributed by atoms with van der Waals surface area (Å²) in [5, 5.41) is 0. The molecule has 1 saturated heterocycles. The summed E-state index contributed by atoms with van der Waals surface area (Å²) in [5.74, 6) is 1.03. The minimum Gasteiger partial charge on any atom is -0.304 e. The standard InChI is InChI=1S/C15H22FN2/c1-12(2)14-8-13(9-15(16)10-14)11-18-6-4-17(3)5-7-18/h8-10H,4-7,11H2,1-3H3. The molecule has 0 amide bonds. The molecule has 99 valence electrons. The zero-order valence-corrected chi connectivity index (χ0v) is 11.5. The molecule has 1 fully saturated rings. The average Bonchev–Trinajstić information content (AvgIpc) is 2.31. The van der Waals surface area contributed by atoms with Crippen molar-refractivity contribution in [1.82, 2.24) is 9.80 Å². The highest BCUT2D eigenvalue weighted by atomic mass is 19.1. The van der Waals surface area contributed by atoms with Crippen LogP contribution in [0.25, 0.3) is 0 Å². The van der Waals surface area contributed by atoms with Gasteiger partial charge in [0.1, 0.15) is 5.82 Å². The van der Waals surface area contributed by atoms with E-state index in [4.69, 9.17) is 0 Å². The van der Waals surface area contributed by atoms with Gasteiger partial charge in [-0.05, 0) is 36.2 Å². The monoisotopic (exact) mass is 249 g/mol. The van der Waals surface area contributed by atoms with Gasteiger partial charge in [-0.25, -0.2) is 4.39 Å². The first-order chi connectivity index (χ1) is 8.54. The lowest BCUT2D eigenvalue weighted by Gasteiger charge is -2.32. The van der Waals surface area contributed by atoms with E-state index in [-0.39, 0.29) is 5.82 Å². The average molecular weight is 249 g/mol. The first-order valence-corrected chi connectivity index (χ1v) is 6.55. The van der Waals surface area contributed by atoms with Crippen LogP contribution in [0.1, 0.15) is 25.0 Å². The predicted molar refractivity (Wildman–Crippen MR) is 72.9 cm³/mol. The third kappa shape index (κ3) is 3.53. The van der Waals surface area contributed by atoms with Gasteiger partial charge in [0, 0.05) is 32.7 Å². The van der Waals surface area contributed by atoms with Crippen LogP contribution >= 0.6 is 0 Å². The zero-order valence-electron chi connectivity index (χ0n) is 11.5. The van der Waals surface area contributed by atoms with E-state index >= 15 is 0 Å². The molecule has 0 bridgehead atoms. The first-order valence-electron chi connectivity index (χ1n) is 6.55. The highest BCUT2D eigenvalue weighted by molar-refractivity contribution is 5.33. The van der Waals surface area contributed by atoms with E-state index in [1.54, 1.807) is 12.1 Å². The van der Waals surface area contributed by atoms with Crippen LogP contribution in [0.5, 0.6) is 0 Å². The van der Waals surface area contributed by atoms with Gasteiger partial charge in [0.15, 0.2) is 0 Å². The molecule has 0 spiro atoms. The molecule has 1 aliphatic rings.